The van der Waals surface area contributed by atoms with Gasteiger partial charge in [-0.15, -0.1) is 0 Å². The zero-order valence-corrected chi connectivity index (χ0v) is 11.5. The highest BCUT2D eigenvalue weighted by Crippen LogP contribution is 2.29. The molecule has 1 heterocycles. The Kier molecular flexibility index (Phi) is 3.39. The van der Waals surface area contributed by atoms with Crippen LogP contribution in [0.15, 0.2) is 42.5 Å². The lowest BCUT2D eigenvalue weighted by Gasteiger charge is -2.24. The number of ether oxygens (including phenoxy) is 1. The van der Waals surface area contributed by atoms with Gasteiger partial charge in [0.15, 0.2) is 0 Å². The van der Waals surface area contributed by atoms with Crippen LogP contribution in [0.3, 0.4) is 0 Å². The van der Waals surface area contributed by atoms with Gasteiger partial charge in [0.05, 0.1) is 17.8 Å². The summed E-state index contributed by atoms with van der Waals surface area (Å²) in [5, 5.41) is 9.35. The fourth-order valence-corrected chi connectivity index (χ4v) is 2.52. The van der Waals surface area contributed by atoms with Gasteiger partial charge in [-0.3, -0.25) is 0 Å². The van der Waals surface area contributed by atoms with E-state index in [-0.39, 0.29) is 5.56 Å². The lowest BCUT2D eigenvalue weighted by molar-refractivity contribution is 0.0697. The molecule has 5 heteroatoms. The molecule has 0 radical (unpaired) electrons. The molecule has 0 amide bonds. The van der Waals surface area contributed by atoms with Crippen molar-refractivity contribution in [3.05, 3.63) is 53.6 Å². The molecule has 21 heavy (non-hydrogen) atoms. The van der Waals surface area contributed by atoms with Crippen molar-refractivity contribution in [3.63, 3.8) is 0 Å². The molecule has 0 unspecified atom stereocenters. The lowest BCUT2D eigenvalue weighted by atomic mass is 10.1. The zero-order valence-electron chi connectivity index (χ0n) is 11.5. The van der Waals surface area contributed by atoms with Gasteiger partial charge >= 0.3 is 5.97 Å². The highest BCUT2D eigenvalue weighted by atomic mass is 16.5. The van der Waals surface area contributed by atoms with Crippen LogP contribution >= 0.6 is 0 Å². The van der Waals surface area contributed by atoms with Crippen LogP contribution in [0.4, 0.5) is 11.4 Å². The molecule has 0 spiro atoms. The summed E-state index contributed by atoms with van der Waals surface area (Å²) < 4.78 is 5.71. The van der Waals surface area contributed by atoms with Crippen LogP contribution in [-0.4, -0.2) is 24.2 Å². The first kappa shape index (κ1) is 13.3. The van der Waals surface area contributed by atoms with Gasteiger partial charge in [-0.2, -0.15) is 0 Å². The maximum Gasteiger partial charge on any atom is 0.337 e. The maximum atomic E-state index is 11.4. The minimum absolute atomic E-state index is 0.253. The van der Waals surface area contributed by atoms with Gasteiger partial charge in [0.2, 0.25) is 0 Å². The molecule has 2 aromatic rings. The molecule has 0 atom stereocenters. The smallest absolute Gasteiger partial charge is 0.337 e. The van der Waals surface area contributed by atoms with E-state index in [0.29, 0.717) is 31.1 Å². The Morgan fingerprint density at radius 3 is 2.86 bits per heavy atom. The van der Waals surface area contributed by atoms with Crippen LogP contribution in [-0.2, 0) is 6.54 Å². The van der Waals surface area contributed by atoms with Crippen LogP contribution in [0.2, 0.25) is 0 Å². The molecule has 0 fully saturated rings. The van der Waals surface area contributed by atoms with Crippen molar-refractivity contribution in [2.45, 2.75) is 6.54 Å². The second-order valence-electron chi connectivity index (χ2n) is 4.96. The second kappa shape index (κ2) is 5.36. The molecule has 0 saturated carbocycles. The van der Waals surface area contributed by atoms with Gasteiger partial charge in [-0.25, -0.2) is 4.79 Å². The zero-order chi connectivity index (χ0) is 14.8. The van der Waals surface area contributed by atoms with Crippen molar-refractivity contribution >= 4 is 17.3 Å². The lowest BCUT2D eigenvalue weighted by Crippen LogP contribution is -2.27. The number of benzene rings is 2. The van der Waals surface area contributed by atoms with Gasteiger partial charge < -0.3 is 20.5 Å². The van der Waals surface area contributed by atoms with Crippen molar-refractivity contribution in [2.24, 2.45) is 0 Å². The summed E-state index contributed by atoms with van der Waals surface area (Å²) in [6.45, 7) is 1.71. The van der Waals surface area contributed by atoms with E-state index in [9.17, 15) is 9.90 Å². The monoisotopic (exact) mass is 284 g/mol. The quantitative estimate of drug-likeness (QED) is 0.828. The van der Waals surface area contributed by atoms with E-state index in [4.69, 9.17) is 10.5 Å². The number of hydrogen-bond acceptors (Lipinski definition) is 4. The van der Waals surface area contributed by atoms with Crippen molar-refractivity contribution in [1.29, 1.82) is 0 Å². The number of aromatic carboxylic acids is 1. The van der Waals surface area contributed by atoms with Gasteiger partial charge in [-0.1, -0.05) is 18.2 Å². The summed E-state index contributed by atoms with van der Waals surface area (Å²) in [4.78, 5) is 13.4. The Bertz CT molecular complexity index is 685. The van der Waals surface area contributed by atoms with Gasteiger partial charge in [0, 0.05) is 17.8 Å². The highest BCUT2D eigenvalue weighted by molar-refractivity contribution is 5.95. The molecular weight excluding hydrogens is 268 g/mol. The van der Waals surface area contributed by atoms with Gasteiger partial charge in [-0.05, 0) is 24.3 Å². The topological polar surface area (TPSA) is 75.8 Å². The standard InChI is InChI=1S/C16H16N2O3/c17-12-5-6-13(16(19)20)14(9-12)18-7-8-21-15-4-2-1-3-11(15)10-18/h1-6,9H,7-8,10,17H2,(H,19,20). The summed E-state index contributed by atoms with van der Waals surface area (Å²) in [7, 11) is 0. The highest BCUT2D eigenvalue weighted by Gasteiger charge is 2.20. The molecule has 3 N–H and O–H groups in total. The molecule has 108 valence electrons. The van der Waals surface area contributed by atoms with Gasteiger partial charge in [0.25, 0.3) is 0 Å². The summed E-state index contributed by atoms with van der Waals surface area (Å²) in [5.41, 5.74) is 8.28. The van der Waals surface area contributed by atoms with Crippen LogP contribution in [0, 0.1) is 0 Å². The molecule has 1 aliphatic rings. The first-order chi connectivity index (χ1) is 10.1. The summed E-state index contributed by atoms with van der Waals surface area (Å²) >= 11 is 0. The Labute approximate surface area is 122 Å². The summed E-state index contributed by atoms with van der Waals surface area (Å²) in [5.74, 6) is -0.107. The third kappa shape index (κ3) is 2.63. The number of para-hydroxylation sites is 1. The molecule has 2 aromatic carbocycles. The fourth-order valence-electron chi connectivity index (χ4n) is 2.52. The van der Waals surface area contributed by atoms with E-state index in [2.05, 4.69) is 0 Å². The average molecular weight is 284 g/mol. The average Bonchev–Trinajstić information content (AvgIpc) is 2.68. The molecule has 0 saturated heterocycles. The van der Waals surface area contributed by atoms with Crippen molar-refractivity contribution in [3.8, 4) is 5.75 Å². The predicted molar refractivity (Wildman–Crippen MR) is 80.8 cm³/mol. The molecule has 0 aliphatic carbocycles. The number of nitrogens with two attached hydrogens (primary N) is 1. The minimum Gasteiger partial charge on any atom is -0.491 e. The van der Waals surface area contributed by atoms with Crippen LogP contribution in [0.1, 0.15) is 15.9 Å². The number of rotatable bonds is 2. The summed E-state index contributed by atoms with van der Waals surface area (Å²) in [6.07, 6.45) is 0. The number of nitrogens with zero attached hydrogens (tertiary/aromatic N) is 1. The van der Waals surface area contributed by atoms with Crippen LogP contribution in [0.25, 0.3) is 0 Å². The van der Waals surface area contributed by atoms with E-state index in [0.717, 1.165) is 11.3 Å². The van der Waals surface area contributed by atoms with Crippen LogP contribution < -0.4 is 15.4 Å². The maximum absolute atomic E-state index is 11.4. The molecule has 1 aliphatic heterocycles. The number of carboxylic acid groups (broad SMARTS) is 1. The molecule has 0 bridgehead atoms. The van der Waals surface area contributed by atoms with Crippen molar-refractivity contribution in [2.75, 3.05) is 23.8 Å². The Morgan fingerprint density at radius 1 is 1.24 bits per heavy atom. The normalized spacial score (nSPS) is 14.0. The van der Waals surface area contributed by atoms with E-state index in [1.54, 1.807) is 18.2 Å². The number of nitrogen functional groups attached to an aromatic ring is 1. The third-order valence-corrected chi connectivity index (χ3v) is 3.55. The van der Waals surface area contributed by atoms with Gasteiger partial charge in [0.1, 0.15) is 12.4 Å². The number of fused-ring (bicyclic) bond motifs is 1. The Balaban J connectivity index is 2.01. The Morgan fingerprint density at radius 2 is 2.05 bits per heavy atom. The first-order valence-electron chi connectivity index (χ1n) is 6.73. The number of hydrogen-bond donors (Lipinski definition) is 2. The molecule has 5 nitrogen and oxygen atoms in total. The number of anilines is 2. The SMILES string of the molecule is Nc1ccc(C(=O)O)c(N2CCOc3ccccc3C2)c1. The number of carbonyl (C=O) groups is 1. The molecular formula is C16H16N2O3. The Hall–Kier alpha value is -2.69. The van der Waals surface area contributed by atoms with Crippen molar-refractivity contribution < 1.29 is 14.6 Å². The minimum atomic E-state index is -0.955. The first-order valence-corrected chi connectivity index (χ1v) is 6.73. The predicted octanol–water partition coefficient (Wildman–Crippen LogP) is 2.37. The third-order valence-electron chi connectivity index (χ3n) is 3.55. The van der Waals surface area contributed by atoms with E-state index >= 15 is 0 Å². The fraction of sp³-hybridized carbons (Fsp3) is 0.188. The largest absolute Gasteiger partial charge is 0.491 e. The van der Waals surface area contributed by atoms with Crippen molar-refractivity contribution in [1.82, 2.24) is 0 Å². The second-order valence-corrected chi connectivity index (χ2v) is 4.96. The molecule has 3 rings (SSSR count). The van der Waals surface area contributed by atoms with E-state index < -0.39 is 5.97 Å². The van der Waals surface area contributed by atoms with E-state index in [1.165, 1.54) is 0 Å². The molecule has 0 aromatic heterocycles. The van der Waals surface area contributed by atoms with Crippen LogP contribution in [0.5, 0.6) is 5.75 Å². The summed E-state index contributed by atoms with van der Waals surface area (Å²) in [6, 6.07) is 12.6. The number of carboxylic acids is 1. The van der Waals surface area contributed by atoms with E-state index in [1.807, 2.05) is 29.2 Å².